The topological polar surface area (TPSA) is 43.4 Å². The molecular formula is C12H16O3. The summed E-state index contributed by atoms with van der Waals surface area (Å²) in [4.78, 5) is 23.9. The number of carbonyl (C=O) groups is 2. The van der Waals surface area contributed by atoms with E-state index in [0.29, 0.717) is 13.0 Å². The smallest absolute Gasteiger partial charge is 0.323 e. The Bertz CT molecular complexity index is 332. The number of hydrogen-bond acceptors (Lipinski definition) is 3. The van der Waals surface area contributed by atoms with E-state index in [9.17, 15) is 9.59 Å². The fourth-order valence-electron chi connectivity index (χ4n) is 2.62. The molecule has 0 heterocycles. The molecule has 3 atom stereocenters. The molecule has 2 rings (SSSR count). The molecule has 0 amide bonds. The van der Waals surface area contributed by atoms with Crippen LogP contribution in [-0.4, -0.2) is 18.4 Å². The van der Waals surface area contributed by atoms with Crippen molar-refractivity contribution in [3.63, 3.8) is 0 Å². The highest BCUT2D eigenvalue weighted by molar-refractivity contribution is 6.09. The first-order chi connectivity index (χ1) is 7.12. The maximum absolute atomic E-state index is 12.1. The van der Waals surface area contributed by atoms with Crippen LogP contribution < -0.4 is 0 Å². The summed E-state index contributed by atoms with van der Waals surface area (Å²) >= 11 is 0. The summed E-state index contributed by atoms with van der Waals surface area (Å²) in [6.07, 6.45) is 5.18. The Hall–Kier alpha value is -1.12. The molecule has 82 valence electrons. The monoisotopic (exact) mass is 208 g/mol. The minimum Gasteiger partial charge on any atom is -0.465 e. The Morgan fingerprint density at radius 1 is 1.67 bits per heavy atom. The molecule has 2 aliphatic rings. The molecule has 0 aromatic heterocycles. The standard InChI is InChI=1S/C12H16O3/c1-3-15-11(14)12-6-4-8(2)9(5-7-12)10(12)13/h4,6,8-9H,3,5,7H2,1-2H3/t8-,9-,12+/m1/s1. The van der Waals surface area contributed by atoms with Crippen LogP contribution in [0.3, 0.4) is 0 Å². The summed E-state index contributed by atoms with van der Waals surface area (Å²) in [6, 6.07) is 0. The van der Waals surface area contributed by atoms with E-state index in [-0.39, 0.29) is 23.6 Å². The van der Waals surface area contributed by atoms with Crippen molar-refractivity contribution in [2.24, 2.45) is 17.3 Å². The van der Waals surface area contributed by atoms with Crippen molar-refractivity contribution in [1.29, 1.82) is 0 Å². The highest BCUT2D eigenvalue weighted by Crippen LogP contribution is 2.47. The van der Waals surface area contributed by atoms with Crippen molar-refractivity contribution in [2.45, 2.75) is 26.7 Å². The Balaban J connectivity index is 2.32. The van der Waals surface area contributed by atoms with Crippen LogP contribution in [0, 0.1) is 17.3 Å². The number of rotatable bonds is 2. The lowest BCUT2D eigenvalue weighted by atomic mass is 9.76. The van der Waals surface area contributed by atoms with E-state index >= 15 is 0 Å². The molecule has 0 spiro atoms. The van der Waals surface area contributed by atoms with Gasteiger partial charge in [-0.25, -0.2) is 0 Å². The van der Waals surface area contributed by atoms with Gasteiger partial charge in [-0.2, -0.15) is 0 Å². The van der Waals surface area contributed by atoms with E-state index < -0.39 is 5.41 Å². The molecule has 15 heavy (non-hydrogen) atoms. The molecule has 3 heteroatoms. The number of allylic oxidation sites excluding steroid dienone is 1. The average Bonchev–Trinajstić information content (AvgIpc) is 2.42. The van der Waals surface area contributed by atoms with Crippen molar-refractivity contribution in [3.8, 4) is 0 Å². The largest absolute Gasteiger partial charge is 0.465 e. The number of fused-ring (bicyclic) bond motifs is 2. The lowest BCUT2D eigenvalue weighted by Crippen LogP contribution is -2.40. The molecule has 0 unspecified atom stereocenters. The van der Waals surface area contributed by atoms with Crippen molar-refractivity contribution < 1.29 is 14.3 Å². The van der Waals surface area contributed by atoms with Gasteiger partial charge in [0.2, 0.25) is 0 Å². The van der Waals surface area contributed by atoms with E-state index in [2.05, 4.69) is 0 Å². The van der Waals surface area contributed by atoms with Crippen LogP contribution in [0.15, 0.2) is 12.2 Å². The van der Waals surface area contributed by atoms with Gasteiger partial charge in [-0.3, -0.25) is 9.59 Å². The lowest BCUT2D eigenvalue weighted by molar-refractivity contribution is -0.156. The van der Waals surface area contributed by atoms with Crippen LogP contribution in [0.2, 0.25) is 0 Å². The highest BCUT2D eigenvalue weighted by atomic mass is 16.5. The Kier molecular flexibility index (Phi) is 2.41. The molecule has 0 aromatic carbocycles. The molecule has 3 nitrogen and oxygen atoms in total. The van der Waals surface area contributed by atoms with Gasteiger partial charge in [0, 0.05) is 5.92 Å². The van der Waals surface area contributed by atoms with Crippen LogP contribution in [-0.2, 0) is 14.3 Å². The molecule has 1 fully saturated rings. The molecule has 0 N–H and O–H groups in total. The van der Waals surface area contributed by atoms with Gasteiger partial charge < -0.3 is 4.74 Å². The van der Waals surface area contributed by atoms with Crippen LogP contribution in [0.1, 0.15) is 26.7 Å². The minimum absolute atomic E-state index is 0.0272. The summed E-state index contributed by atoms with van der Waals surface area (Å²) in [5.41, 5.74) is -0.937. The van der Waals surface area contributed by atoms with E-state index in [1.807, 2.05) is 13.0 Å². The molecule has 2 bridgehead atoms. The molecule has 0 aliphatic heterocycles. The van der Waals surface area contributed by atoms with Gasteiger partial charge in [-0.05, 0) is 25.7 Å². The number of hydrogen-bond donors (Lipinski definition) is 0. The molecule has 0 aromatic rings. The molecule has 2 aliphatic carbocycles. The summed E-state index contributed by atoms with van der Waals surface area (Å²) < 4.78 is 5.00. The Labute approximate surface area is 89.5 Å². The first-order valence-electron chi connectivity index (χ1n) is 5.52. The van der Waals surface area contributed by atoms with Crippen molar-refractivity contribution >= 4 is 11.8 Å². The summed E-state index contributed by atoms with van der Waals surface area (Å²) in [7, 11) is 0. The number of esters is 1. The molecule has 1 saturated carbocycles. The fourth-order valence-corrected chi connectivity index (χ4v) is 2.62. The maximum Gasteiger partial charge on any atom is 0.323 e. The second-order valence-corrected chi connectivity index (χ2v) is 4.42. The third-order valence-electron chi connectivity index (χ3n) is 3.58. The van der Waals surface area contributed by atoms with Crippen molar-refractivity contribution in [1.82, 2.24) is 0 Å². The first-order valence-corrected chi connectivity index (χ1v) is 5.52. The average molecular weight is 208 g/mol. The Morgan fingerprint density at radius 2 is 2.40 bits per heavy atom. The molecule has 0 radical (unpaired) electrons. The molecular weight excluding hydrogens is 192 g/mol. The number of ketones is 1. The number of Topliss-reactive ketones (excluding diaryl/α,β-unsaturated/α-hetero) is 1. The van der Waals surface area contributed by atoms with Gasteiger partial charge >= 0.3 is 5.97 Å². The predicted octanol–water partition coefficient (Wildman–Crippen LogP) is 1.72. The summed E-state index contributed by atoms with van der Waals surface area (Å²) in [5, 5.41) is 0. The summed E-state index contributed by atoms with van der Waals surface area (Å²) in [6.45, 7) is 4.13. The number of carbonyl (C=O) groups excluding carboxylic acids is 2. The van der Waals surface area contributed by atoms with Crippen LogP contribution in [0.25, 0.3) is 0 Å². The predicted molar refractivity (Wildman–Crippen MR) is 55.1 cm³/mol. The SMILES string of the molecule is CCOC(=O)[C@@]12C=C[C@@H](C)[C@@H](CC1)C2=O. The van der Waals surface area contributed by atoms with Crippen LogP contribution in [0.4, 0.5) is 0 Å². The minimum atomic E-state index is -0.937. The van der Waals surface area contributed by atoms with Gasteiger partial charge in [0.1, 0.15) is 5.41 Å². The maximum atomic E-state index is 12.1. The summed E-state index contributed by atoms with van der Waals surface area (Å²) in [5.74, 6) is -0.00134. The zero-order valence-electron chi connectivity index (χ0n) is 9.16. The quantitative estimate of drug-likeness (QED) is 0.394. The lowest BCUT2D eigenvalue weighted by Gasteiger charge is -2.27. The van der Waals surface area contributed by atoms with Gasteiger partial charge in [0.05, 0.1) is 6.61 Å². The third-order valence-corrected chi connectivity index (χ3v) is 3.58. The number of ether oxygens (including phenoxy) is 1. The van der Waals surface area contributed by atoms with Gasteiger partial charge in [0.25, 0.3) is 0 Å². The van der Waals surface area contributed by atoms with E-state index in [1.54, 1.807) is 13.0 Å². The van der Waals surface area contributed by atoms with Gasteiger partial charge in [0.15, 0.2) is 5.78 Å². The Morgan fingerprint density at radius 3 is 3.07 bits per heavy atom. The first kappa shape index (κ1) is 10.4. The third kappa shape index (κ3) is 1.33. The van der Waals surface area contributed by atoms with Gasteiger partial charge in [-0.15, -0.1) is 0 Å². The van der Waals surface area contributed by atoms with Crippen molar-refractivity contribution in [3.05, 3.63) is 12.2 Å². The zero-order valence-corrected chi connectivity index (χ0v) is 9.16. The van der Waals surface area contributed by atoms with E-state index in [1.165, 1.54) is 0 Å². The zero-order chi connectivity index (χ0) is 11.1. The molecule has 0 saturated heterocycles. The van der Waals surface area contributed by atoms with Crippen molar-refractivity contribution in [2.75, 3.05) is 6.61 Å². The van der Waals surface area contributed by atoms with E-state index in [0.717, 1.165) is 6.42 Å². The second kappa shape index (κ2) is 3.47. The normalized spacial score (nSPS) is 38.1. The van der Waals surface area contributed by atoms with Crippen LogP contribution in [0.5, 0.6) is 0 Å². The van der Waals surface area contributed by atoms with E-state index in [4.69, 9.17) is 4.74 Å². The van der Waals surface area contributed by atoms with Gasteiger partial charge in [-0.1, -0.05) is 19.1 Å². The highest BCUT2D eigenvalue weighted by Gasteiger charge is 2.55. The second-order valence-electron chi connectivity index (χ2n) is 4.42. The van der Waals surface area contributed by atoms with Crippen LogP contribution >= 0.6 is 0 Å². The fraction of sp³-hybridized carbons (Fsp3) is 0.667.